The number of anilines is 2. The lowest BCUT2D eigenvalue weighted by molar-refractivity contribution is -0.664. The number of thiazole rings is 2. The highest BCUT2D eigenvalue weighted by atomic mass is 79.9. The second kappa shape index (κ2) is 26.4. The van der Waals surface area contributed by atoms with Crippen molar-refractivity contribution in [2.24, 2.45) is 10.4 Å². The Hall–Kier alpha value is -6.90. The molecule has 0 amide bonds. The lowest BCUT2D eigenvalue weighted by Crippen LogP contribution is -2.38. The predicted octanol–water partition coefficient (Wildman–Crippen LogP) is 15.4. The van der Waals surface area contributed by atoms with Gasteiger partial charge in [0.25, 0.3) is 0 Å². The summed E-state index contributed by atoms with van der Waals surface area (Å²) in [6.45, 7) is 10.1. The summed E-state index contributed by atoms with van der Waals surface area (Å²) in [6, 6.07) is 45.8. The van der Waals surface area contributed by atoms with Gasteiger partial charge in [-0.25, -0.2) is 24.2 Å². The standard InChI is InChI=1S/C19H13BrN2S2.C17H19N5.C14H18O.C11H9ClN2OS/c1-12-2-8-16-17(10-12)24-19(22-16)13-3-5-14(6-4-13)21-11-15-7-9-18(20)23-15;1-3-7-13(8-4-1)21-16-15-11-20-22(17(15)19-12-18-16)14-9-5-2-6-10-14;1-13(2,3)14(4,15)11-10-12-8-6-5-7-9-12;12-9-3-1-8(2-4-9)10(15)7-14-5-6-16-11(14)13/h2-11H,1H3;2,5-6,9-13H,1,3-4,7-8H2,(H,18,19,21);5-9,15H,1-4H3;1-6,13H,7H2/p+1. The molecule has 5 heterocycles. The van der Waals surface area contributed by atoms with E-state index < -0.39 is 5.60 Å². The van der Waals surface area contributed by atoms with Crippen LogP contribution in [0.2, 0.25) is 5.02 Å². The normalized spacial score (nSPS) is 13.2. The fourth-order valence-electron chi connectivity index (χ4n) is 7.77. The van der Waals surface area contributed by atoms with E-state index in [-0.39, 0.29) is 17.7 Å². The van der Waals surface area contributed by atoms with Crippen LogP contribution in [-0.2, 0) is 6.54 Å². The van der Waals surface area contributed by atoms with E-state index in [9.17, 15) is 9.90 Å². The van der Waals surface area contributed by atoms with Gasteiger partial charge in [0.1, 0.15) is 29.0 Å². The Balaban J connectivity index is 0.000000139. The average Bonchev–Trinajstić information content (AvgIpc) is 4.27. The second-order valence-electron chi connectivity index (χ2n) is 19.5. The van der Waals surface area contributed by atoms with Crippen LogP contribution >= 0.6 is 61.5 Å². The molecule has 1 atom stereocenters. The van der Waals surface area contributed by atoms with Gasteiger partial charge in [0, 0.05) is 49.6 Å². The third-order valence-corrected chi connectivity index (χ3v) is 16.4. The van der Waals surface area contributed by atoms with Gasteiger partial charge >= 0.3 is 5.13 Å². The number of carbonyl (C=O) groups is 1. The van der Waals surface area contributed by atoms with E-state index in [0.717, 1.165) is 58.5 Å². The van der Waals surface area contributed by atoms with E-state index in [2.05, 4.69) is 96.5 Å². The monoisotopic (exact) mass is 1160 g/mol. The van der Waals surface area contributed by atoms with Crippen LogP contribution in [0.15, 0.2) is 172 Å². The largest absolute Gasteiger partial charge is 0.377 e. The SMILES string of the molecule is CC(C)(C)C(C)(O)C#Cc1ccccc1.Cc1ccc2nc(-c3ccc(N=Cc4ccc(Br)s4)cc3)sc2c1.Nc1scc[n+]1CC(=O)c1ccc(Cl)cc1.c1ccc(-n2ncc3c(NC4CCCCC4)ncnc32)cc1. The number of carbonyl (C=O) groups excluding carboxylic acids is 1. The van der Waals surface area contributed by atoms with E-state index >= 15 is 0 Å². The number of nitrogens with one attached hydrogen (secondary N) is 1. The van der Waals surface area contributed by atoms with Crippen molar-refractivity contribution in [1.82, 2.24) is 24.7 Å². The van der Waals surface area contributed by atoms with Crippen LogP contribution in [0.25, 0.3) is 37.5 Å². The molecule has 11 nitrogen and oxygen atoms in total. The van der Waals surface area contributed by atoms with Crippen LogP contribution in [0.3, 0.4) is 0 Å². The van der Waals surface area contributed by atoms with E-state index in [0.29, 0.717) is 21.8 Å². The Kier molecular flexibility index (Phi) is 19.3. The first-order chi connectivity index (χ1) is 37.1. The number of aromatic nitrogens is 6. The fraction of sp³-hybridized carbons (Fsp3) is 0.230. The summed E-state index contributed by atoms with van der Waals surface area (Å²) >= 11 is 14.0. The molecule has 0 bridgehead atoms. The molecule has 0 saturated heterocycles. The number of rotatable bonds is 9. The molecular weight excluding hydrogens is 1100 g/mol. The number of fused-ring (bicyclic) bond motifs is 2. The molecule has 11 rings (SSSR count). The number of aliphatic hydroxyl groups is 1. The lowest BCUT2D eigenvalue weighted by Gasteiger charge is -2.32. The zero-order valence-corrected chi connectivity index (χ0v) is 48.3. The molecule has 1 unspecified atom stereocenters. The molecule has 10 aromatic rings. The number of nitrogens with two attached hydrogens (primary N) is 1. The third kappa shape index (κ3) is 15.9. The van der Waals surface area contributed by atoms with Crippen LogP contribution in [0.1, 0.15) is 86.2 Å². The van der Waals surface area contributed by atoms with Crippen molar-refractivity contribution in [3.8, 4) is 28.1 Å². The van der Waals surface area contributed by atoms with Gasteiger partial charge < -0.3 is 10.4 Å². The number of ketones is 1. The van der Waals surface area contributed by atoms with Crippen molar-refractivity contribution in [3.63, 3.8) is 0 Å². The maximum absolute atomic E-state index is 11.9. The van der Waals surface area contributed by atoms with Crippen LogP contribution in [0.4, 0.5) is 16.6 Å². The van der Waals surface area contributed by atoms with Gasteiger partial charge in [-0.3, -0.25) is 15.5 Å². The summed E-state index contributed by atoms with van der Waals surface area (Å²) in [5, 5.41) is 23.4. The minimum atomic E-state index is -0.969. The number of nitrogens with zero attached hydrogens (tertiary/aromatic N) is 7. The van der Waals surface area contributed by atoms with Crippen molar-refractivity contribution < 1.29 is 14.5 Å². The van der Waals surface area contributed by atoms with Gasteiger partial charge in [0.2, 0.25) is 5.78 Å². The summed E-state index contributed by atoms with van der Waals surface area (Å²) in [5.74, 6) is 6.83. The number of benzene rings is 5. The summed E-state index contributed by atoms with van der Waals surface area (Å²) in [7, 11) is 0. The van der Waals surface area contributed by atoms with Gasteiger partial charge in [0.05, 0.1) is 37.0 Å². The smallest absolute Gasteiger partial charge is 0.332 e. The molecule has 4 N–H and O–H groups in total. The Labute approximate surface area is 475 Å². The number of aryl methyl sites for hydroxylation is 1. The molecule has 0 aliphatic heterocycles. The highest BCUT2D eigenvalue weighted by Crippen LogP contribution is 2.33. The van der Waals surface area contributed by atoms with Gasteiger partial charge in [-0.1, -0.05) is 117 Å². The minimum Gasteiger partial charge on any atom is -0.377 e. The first kappa shape index (κ1) is 56.3. The van der Waals surface area contributed by atoms with E-state index in [1.165, 1.54) is 53.7 Å². The van der Waals surface area contributed by atoms with Crippen LogP contribution in [-0.4, -0.2) is 53.5 Å². The topological polar surface area (TPSA) is 148 Å². The number of halogens is 2. The van der Waals surface area contributed by atoms with Crippen LogP contribution in [0.5, 0.6) is 0 Å². The third-order valence-electron chi connectivity index (χ3n) is 12.8. The Morgan fingerprint density at radius 3 is 2.29 bits per heavy atom. The number of nitrogen functional groups attached to an aromatic ring is 1. The molecule has 392 valence electrons. The number of hydrogen-bond donors (Lipinski definition) is 3. The van der Waals surface area contributed by atoms with Crippen molar-refractivity contribution in [2.45, 2.75) is 84.9 Å². The number of hydrogen-bond acceptors (Lipinski definition) is 12. The highest BCUT2D eigenvalue weighted by Gasteiger charge is 2.33. The van der Waals surface area contributed by atoms with Crippen LogP contribution in [0, 0.1) is 24.2 Å². The number of thiophene rings is 1. The van der Waals surface area contributed by atoms with Gasteiger partial charge in [-0.15, -0.1) is 22.7 Å². The van der Waals surface area contributed by atoms with E-state index in [4.69, 9.17) is 22.3 Å². The molecule has 1 saturated carbocycles. The number of Topliss-reactive ketones (excluding diaryl/α,β-unsaturated/α-hetero) is 1. The molecule has 5 aromatic carbocycles. The molecule has 0 spiro atoms. The summed E-state index contributed by atoms with van der Waals surface area (Å²) in [6.07, 6.45) is 13.6. The van der Waals surface area contributed by atoms with Crippen molar-refractivity contribution in [1.29, 1.82) is 0 Å². The highest BCUT2D eigenvalue weighted by molar-refractivity contribution is 9.11. The Morgan fingerprint density at radius 1 is 0.909 bits per heavy atom. The molecule has 5 aromatic heterocycles. The van der Waals surface area contributed by atoms with Crippen LogP contribution < -0.4 is 15.6 Å². The van der Waals surface area contributed by atoms with Gasteiger partial charge in [-0.2, -0.15) is 5.10 Å². The average molecular weight is 1160 g/mol. The molecule has 0 radical (unpaired) electrons. The first-order valence-electron chi connectivity index (χ1n) is 25.2. The Bertz CT molecular complexity index is 3610. The van der Waals surface area contributed by atoms with Crippen molar-refractivity contribution >= 4 is 111 Å². The maximum Gasteiger partial charge on any atom is 0.332 e. The lowest BCUT2D eigenvalue weighted by atomic mass is 9.78. The second-order valence-corrected chi connectivity index (χ2v) is 24.4. The molecule has 1 aliphatic rings. The molecule has 77 heavy (non-hydrogen) atoms. The fourth-order valence-corrected chi connectivity index (χ4v) is 10.9. The summed E-state index contributed by atoms with van der Waals surface area (Å²) in [5.41, 5.74) is 12.3. The molecule has 1 fully saturated rings. The molecule has 16 heteroatoms. The summed E-state index contributed by atoms with van der Waals surface area (Å²) in [4.78, 5) is 31.1. The predicted molar refractivity (Wildman–Crippen MR) is 324 cm³/mol. The number of para-hydroxylation sites is 1. The summed E-state index contributed by atoms with van der Waals surface area (Å²) < 4.78 is 5.94. The van der Waals surface area contributed by atoms with E-state index in [1.807, 2.05) is 122 Å². The van der Waals surface area contributed by atoms with Gasteiger partial charge in [0.15, 0.2) is 12.2 Å². The molecule has 1 aliphatic carbocycles. The number of aliphatic imine (C=N–C) groups is 1. The van der Waals surface area contributed by atoms with E-state index in [1.54, 1.807) is 71.0 Å². The zero-order valence-electron chi connectivity index (χ0n) is 43.5. The van der Waals surface area contributed by atoms with Crippen molar-refractivity contribution in [3.05, 3.63) is 194 Å². The quantitative estimate of drug-likeness (QED) is 0.0560. The molecular formula is C61H60BrClN9O2S3+. The zero-order chi connectivity index (χ0) is 54.4. The first-order valence-corrected chi connectivity index (χ1v) is 28.9. The maximum atomic E-state index is 11.9. The van der Waals surface area contributed by atoms with Crippen molar-refractivity contribution in [2.75, 3.05) is 11.1 Å². The Morgan fingerprint density at radius 2 is 1.62 bits per heavy atom. The minimum absolute atomic E-state index is 0.0202. The van der Waals surface area contributed by atoms with Gasteiger partial charge in [-0.05, 0) is 145 Å².